The molecule has 0 saturated carbocycles. The van der Waals surface area contributed by atoms with Crippen molar-refractivity contribution in [3.63, 3.8) is 0 Å². The van der Waals surface area contributed by atoms with Crippen molar-refractivity contribution >= 4 is 22.7 Å². The molecule has 0 radical (unpaired) electrons. The first kappa shape index (κ1) is 26.1. The van der Waals surface area contributed by atoms with Gasteiger partial charge < -0.3 is 18.9 Å². The van der Waals surface area contributed by atoms with Crippen molar-refractivity contribution < 1.29 is 18.9 Å². The molecule has 0 saturated heterocycles. The van der Waals surface area contributed by atoms with E-state index in [0.717, 1.165) is 34.2 Å². The van der Waals surface area contributed by atoms with Crippen LogP contribution in [0.2, 0.25) is 0 Å². The predicted molar refractivity (Wildman–Crippen MR) is 154 cm³/mol. The standard InChI is InChI=1S/C32H26N4O4/c1-37-27-11-3-23(4-12-27)33-35-25-7-15-29(16-8-25)39-31-19-21-32(22-20-31)40-30-17-9-26(10-18-30)36-34-24-5-13-28(38-2)14-6-24/h3-22H,1-2H3. The summed E-state index contributed by atoms with van der Waals surface area (Å²) in [5.74, 6) is 4.31. The predicted octanol–water partition coefficient (Wildman–Crippen LogP) is 10.1. The maximum atomic E-state index is 5.95. The smallest absolute Gasteiger partial charge is 0.127 e. The third-order valence-corrected chi connectivity index (χ3v) is 5.68. The average molecular weight is 531 g/mol. The van der Waals surface area contributed by atoms with Crippen LogP contribution in [-0.2, 0) is 0 Å². The summed E-state index contributed by atoms with van der Waals surface area (Å²) in [7, 11) is 3.26. The van der Waals surface area contributed by atoms with Gasteiger partial charge in [0.1, 0.15) is 34.5 Å². The molecule has 0 spiro atoms. The van der Waals surface area contributed by atoms with Gasteiger partial charge in [0.15, 0.2) is 0 Å². The zero-order valence-corrected chi connectivity index (χ0v) is 22.0. The Hall–Kier alpha value is -5.50. The largest absolute Gasteiger partial charge is 0.497 e. The molecule has 0 N–H and O–H groups in total. The van der Waals surface area contributed by atoms with Crippen molar-refractivity contribution in [2.24, 2.45) is 20.5 Å². The molecule has 0 bridgehead atoms. The molecule has 0 aliphatic rings. The monoisotopic (exact) mass is 530 g/mol. The van der Waals surface area contributed by atoms with Gasteiger partial charge in [-0.2, -0.15) is 20.5 Å². The maximum absolute atomic E-state index is 5.95. The van der Waals surface area contributed by atoms with E-state index < -0.39 is 0 Å². The van der Waals surface area contributed by atoms with Gasteiger partial charge in [0, 0.05) is 0 Å². The Kier molecular flexibility index (Phi) is 8.38. The number of ether oxygens (including phenoxy) is 4. The average Bonchev–Trinajstić information content (AvgIpc) is 3.02. The van der Waals surface area contributed by atoms with Crippen molar-refractivity contribution in [1.29, 1.82) is 0 Å². The molecule has 0 heterocycles. The first-order valence-electron chi connectivity index (χ1n) is 12.4. The molecular formula is C32H26N4O4. The zero-order chi connectivity index (χ0) is 27.6. The minimum absolute atomic E-state index is 0.689. The minimum Gasteiger partial charge on any atom is -0.497 e. The van der Waals surface area contributed by atoms with E-state index in [1.54, 1.807) is 14.2 Å². The Labute approximate surface area is 232 Å². The van der Waals surface area contributed by atoms with E-state index in [9.17, 15) is 0 Å². The van der Waals surface area contributed by atoms with Gasteiger partial charge in [0.05, 0.1) is 37.0 Å². The molecule has 0 fully saturated rings. The van der Waals surface area contributed by atoms with Crippen LogP contribution >= 0.6 is 0 Å². The fourth-order valence-corrected chi connectivity index (χ4v) is 3.54. The van der Waals surface area contributed by atoms with Gasteiger partial charge in [0.25, 0.3) is 0 Å². The van der Waals surface area contributed by atoms with E-state index in [2.05, 4.69) is 20.5 Å². The van der Waals surface area contributed by atoms with Crippen LogP contribution in [0.4, 0.5) is 22.7 Å². The normalized spacial score (nSPS) is 11.1. The number of rotatable bonds is 10. The lowest BCUT2D eigenvalue weighted by Crippen LogP contribution is -1.86. The fourth-order valence-electron chi connectivity index (χ4n) is 3.54. The van der Waals surface area contributed by atoms with Crippen molar-refractivity contribution in [2.75, 3.05) is 14.2 Å². The van der Waals surface area contributed by atoms with Crippen LogP contribution in [0.3, 0.4) is 0 Å². The number of methoxy groups -OCH3 is 2. The first-order chi connectivity index (χ1) is 19.7. The highest BCUT2D eigenvalue weighted by atomic mass is 16.5. The van der Waals surface area contributed by atoms with Gasteiger partial charge in [0.2, 0.25) is 0 Å². The number of nitrogens with zero attached hydrogens (tertiary/aromatic N) is 4. The van der Waals surface area contributed by atoms with Crippen LogP contribution in [0.5, 0.6) is 34.5 Å². The highest BCUT2D eigenvalue weighted by molar-refractivity contribution is 5.47. The summed E-state index contributed by atoms with van der Waals surface area (Å²) in [6.07, 6.45) is 0. The first-order valence-corrected chi connectivity index (χ1v) is 12.4. The van der Waals surface area contributed by atoms with Gasteiger partial charge in [-0.05, 0) is 121 Å². The van der Waals surface area contributed by atoms with E-state index in [4.69, 9.17) is 18.9 Å². The quantitative estimate of drug-likeness (QED) is 0.168. The van der Waals surface area contributed by atoms with Gasteiger partial charge in [-0.25, -0.2) is 0 Å². The molecule has 8 nitrogen and oxygen atoms in total. The molecule has 0 atom stereocenters. The lowest BCUT2D eigenvalue weighted by atomic mass is 10.3. The SMILES string of the molecule is COc1ccc(N=Nc2ccc(Oc3ccc(Oc4ccc(N=Nc5ccc(OC)cc5)cc4)cc3)cc2)cc1. The number of hydrogen-bond donors (Lipinski definition) is 0. The topological polar surface area (TPSA) is 86.4 Å². The van der Waals surface area contributed by atoms with E-state index in [-0.39, 0.29) is 0 Å². The lowest BCUT2D eigenvalue weighted by molar-refractivity contribution is 0.414. The molecule has 5 aromatic carbocycles. The molecule has 0 amide bonds. The molecule has 0 aromatic heterocycles. The summed E-state index contributed by atoms with van der Waals surface area (Å²) in [4.78, 5) is 0. The van der Waals surface area contributed by atoms with Gasteiger partial charge in [-0.15, -0.1) is 0 Å². The van der Waals surface area contributed by atoms with Crippen LogP contribution in [0.15, 0.2) is 142 Å². The zero-order valence-electron chi connectivity index (χ0n) is 22.0. The summed E-state index contributed by atoms with van der Waals surface area (Å²) in [5, 5.41) is 17.0. The molecule has 5 rings (SSSR count). The van der Waals surface area contributed by atoms with E-state index in [0.29, 0.717) is 23.0 Å². The summed E-state index contributed by atoms with van der Waals surface area (Å²) in [6.45, 7) is 0. The Balaban J connectivity index is 1.13. The molecule has 0 aliphatic carbocycles. The highest BCUT2D eigenvalue weighted by Gasteiger charge is 2.02. The third kappa shape index (κ3) is 7.29. The molecule has 198 valence electrons. The summed E-state index contributed by atoms with van der Waals surface area (Å²) in [6, 6.07) is 36.9. The second-order valence-corrected chi connectivity index (χ2v) is 8.46. The van der Waals surface area contributed by atoms with Crippen molar-refractivity contribution in [3.8, 4) is 34.5 Å². The van der Waals surface area contributed by atoms with Crippen molar-refractivity contribution in [3.05, 3.63) is 121 Å². The Bertz CT molecular complexity index is 1440. The maximum Gasteiger partial charge on any atom is 0.127 e. The highest BCUT2D eigenvalue weighted by Crippen LogP contribution is 2.30. The molecular weight excluding hydrogens is 504 g/mol. The van der Waals surface area contributed by atoms with E-state index >= 15 is 0 Å². The Morgan fingerprint density at radius 2 is 0.500 bits per heavy atom. The van der Waals surface area contributed by atoms with Crippen molar-refractivity contribution in [2.45, 2.75) is 0 Å². The third-order valence-electron chi connectivity index (χ3n) is 5.68. The minimum atomic E-state index is 0.689. The number of hydrogen-bond acceptors (Lipinski definition) is 8. The molecule has 0 unspecified atom stereocenters. The van der Waals surface area contributed by atoms with Crippen molar-refractivity contribution in [1.82, 2.24) is 0 Å². The summed E-state index contributed by atoms with van der Waals surface area (Å²) >= 11 is 0. The van der Waals surface area contributed by atoms with Crippen LogP contribution in [0.25, 0.3) is 0 Å². The Morgan fingerprint density at radius 3 is 0.725 bits per heavy atom. The lowest BCUT2D eigenvalue weighted by Gasteiger charge is -2.08. The molecule has 5 aromatic rings. The summed E-state index contributed by atoms with van der Waals surface area (Å²) in [5.41, 5.74) is 2.93. The van der Waals surface area contributed by atoms with Crippen LogP contribution < -0.4 is 18.9 Å². The summed E-state index contributed by atoms with van der Waals surface area (Å²) < 4.78 is 22.2. The second kappa shape index (κ2) is 12.8. The van der Waals surface area contributed by atoms with Gasteiger partial charge in [-0.3, -0.25) is 0 Å². The number of benzene rings is 5. The van der Waals surface area contributed by atoms with Gasteiger partial charge in [-0.1, -0.05) is 0 Å². The van der Waals surface area contributed by atoms with Gasteiger partial charge >= 0.3 is 0 Å². The molecule has 8 heteroatoms. The van der Waals surface area contributed by atoms with Crippen LogP contribution in [0.1, 0.15) is 0 Å². The fraction of sp³-hybridized carbons (Fsp3) is 0.0625. The van der Waals surface area contributed by atoms with E-state index in [1.807, 2.05) is 121 Å². The molecule has 40 heavy (non-hydrogen) atoms. The van der Waals surface area contributed by atoms with E-state index in [1.165, 1.54) is 0 Å². The number of azo groups is 2. The Morgan fingerprint density at radius 1 is 0.300 bits per heavy atom. The van der Waals surface area contributed by atoms with Crippen LogP contribution in [0, 0.1) is 0 Å². The molecule has 0 aliphatic heterocycles. The second-order valence-electron chi connectivity index (χ2n) is 8.46. The van der Waals surface area contributed by atoms with Crippen LogP contribution in [-0.4, -0.2) is 14.2 Å².